The van der Waals surface area contributed by atoms with Crippen molar-refractivity contribution in [2.45, 2.75) is 135 Å². The predicted octanol–water partition coefficient (Wildman–Crippen LogP) is 10.2. The molecule has 2 aliphatic rings. The van der Waals surface area contributed by atoms with Crippen molar-refractivity contribution in [1.82, 2.24) is 0 Å². The Balaban J connectivity index is 1.91. The van der Waals surface area contributed by atoms with Gasteiger partial charge in [0.25, 0.3) is 0 Å². The minimum absolute atomic E-state index is 0.541. The topological polar surface area (TPSA) is 0 Å². The summed E-state index contributed by atoms with van der Waals surface area (Å²) in [6, 6.07) is 14.9. The van der Waals surface area contributed by atoms with Crippen molar-refractivity contribution < 1.29 is 0 Å². The summed E-state index contributed by atoms with van der Waals surface area (Å²) < 4.78 is 0. The molecule has 2 aliphatic carbocycles. The van der Waals surface area contributed by atoms with Crippen molar-refractivity contribution in [2.24, 2.45) is 0 Å². The van der Waals surface area contributed by atoms with E-state index >= 15 is 0 Å². The maximum absolute atomic E-state index is 2.58. The van der Waals surface area contributed by atoms with Gasteiger partial charge in [-0.3, -0.25) is 0 Å². The van der Waals surface area contributed by atoms with Crippen LogP contribution in [0.3, 0.4) is 0 Å². The first kappa shape index (κ1) is 25.9. The predicted molar refractivity (Wildman–Crippen MR) is 156 cm³/mol. The summed E-state index contributed by atoms with van der Waals surface area (Å²) in [6.07, 6.45) is 14.7. The van der Waals surface area contributed by atoms with Crippen molar-refractivity contribution in [1.29, 1.82) is 0 Å². The summed E-state index contributed by atoms with van der Waals surface area (Å²) in [5.41, 5.74) is 9.82. The highest BCUT2D eigenvalue weighted by Gasteiger charge is 2.41. The van der Waals surface area contributed by atoms with Crippen molar-refractivity contribution in [3.8, 4) is 11.1 Å². The second-order valence-electron chi connectivity index (χ2n) is 12.2. The fraction of sp³-hybridized carbons (Fsp3) is 0.636. The zero-order valence-corrected chi connectivity index (χ0v) is 23.9. The summed E-state index contributed by atoms with van der Waals surface area (Å²) in [4.78, 5) is 0. The van der Waals surface area contributed by atoms with Crippen molar-refractivity contribution in [3.05, 3.63) is 53.1 Å². The lowest BCUT2D eigenvalue weighted by Crippen LogP contribution is -2.27. The zero-order valence-electron chi connectivity index (χ0n) is 22.9. The van der Waals surface area contributed by atoms with Gasteiger partial charge in [0.15, 0.2) is 0 Å². The highest BCUT2D eigenvalue weighted by atomic mass is 31.1. The van der Waals surface area contributed by atoms with E-state index in [0.29, 0.717) is 17.8 Å². The van der Waals surface area contributed by atoms with Crippen LogP contribution in [0.15, 0.2) is 36.4 Å². The highest BCUT2D eigenvalue weighted by Crippen LogP contribution is 2.56. The summed E-state index contributed by atoms with van der Waals surface area (Å²) in [6.45, 7) is 14.3. The maximum atomic E-state index is 2.58. The van der Waals surface area contributed by atoms with E-state index in [1.54, 1.807) is 27.6 Å². The van der Waals surface area contributed by atoms with Gasteiger partial charge in [-0.2, -0.15) is 0 Å². The van der Waals surface area contributed by atoms with Crippen LogP contribution in [-0.4, -0.2) is 11.3 Å². The monoisotopic (exact) mass is 477 g/mol. The third-order valence-corrected chi connectivity index (χ3v) is 12.7. The smallest absolute Gasteiger partial charge is 0.0614 e. The summed E-state index contributed by atoms with van der Waals surface area (Å²) in [5.74, 6) is 1.65. The van der Waals surface area contributed by atoms with Gasteiger partial charge in [0.1, 0.15) is 0 Å². The van der Waals surface area contributed by atoms with Crippen LogP contribution >= 0.6 is 7.92 Å². The summed E-state index contributed by atoms with van der Waals surface area (Å²) in [7, 11) is -0.610. The minimum Gasteiger partial charge on any atom is -0.0614 e. The Morgan fingerprint density at radius 2 is 1.09 bits per heavy atom. The molecule has 0 amide bonds. The molecular formula is C33H50P+. The van der Waals surface area contributed by atoms with Crippen LogP contribution < -0.4 is 5.30 Å². The molecule has 2 fully saturated rings. The fourth-order valence-corrected chi connectivity index (χ4v) is 11.2. The molecular weight excluding hydrogens is 427 g/mol. The SMILES string of the molecule is CC(C)c1cc(C(C)C)c(-c2ccccc2[PH+](C2CCCCC2)C2CCCCC2)c(C(C)C)c1. The van der Waals surface area contributed by atoms with Crippen molar-refractivity contribution in [3.63, 3.8) is 0 Å². The van der Waals surface area contributed by atoms with Gasteiger partial charge >= 0.3 is 0 Å². The highest BCUT2D eigenvalue weighted by molar-refractivity contribution is 7.67. The average molecular weight is 478 g/mol. The molecule has 0 aliphatic heterocycles. The van der Waals surface area contributed by atoms with E-state index in [0.717, 1.165) is 11.3 Å². The Labute approximate surface area is 212 Å². The molecule has 2 aromatic rings. The van der Waals surface area contributed by atoms with Gasteiger partial charge in [-0.05, 0) is 97.4 Å². The third-order valence-electron chi connectivity index (χ3n) is 8.73. The molecule has 0 N–H and O–H groups in total. The number of benzene rings is 2. The Kier molecular flexibility index (Phi) is 8.96. The molecule has 2 aromatic carbocycles. The Bertz CT molecular complexity index is 878. The molecule has 0 spiro atoms. The van der Waals surface area contributed by atoms with Gasteiger partial charge in [-0.25, -0.2) is 0 Å². The number of rotatable bonds is 7. The van der Waals surface area contributed by atoms with Gasteiger partial charge in [-0.1, -0.05) is 84.7 Å². The first-order chi connectivity index (χ1) is 16.4. The average Bonchev–Trinajstić information content (AvgIpc) is 2.85. The lowest BCUT2D eigenvalue weighted by molar-refractivity contribution is 0.487. The molecule has 2 saturated carbocycles. The second-order valence-corrected chi connectivity index (χ2v) is 15.3. The van der Waals surface area contributed by atoms with Crippen LogP contribution in [0.25, 0.3) is 11.1 Å². The molecule has 1 heteroatoms. The third kappa shape index (κ3) is 5.64. The van der Waals surface area contributed by atoms with E-state index in [2.05, 4.69) is 77.9 Å². The van der Waals surface area contributed by atoms with Gasteiger partial charge in [0.2, 0.25) is 0 Å². The van der Waals surface area contributed by atoms with Crippen molar-refractivity contribution in [2.75, 3.05) is 0 Å². The number of hydrogen-bond donors (Lipinski definition) is 0. The van der Waals surface area contributed by atoms with Crippen LogP contribution in [0.5, 0.6) is 0 Å². The molecule has 0 atom stereocenters. The zero-order chi connectivity index (χ0) is 24.2. The number of hydrogen-bond acceptors (Lipinski definition) is 0. The first-order valence-electron chi connectivity index (χ1n) is 14.5. The summed E-state index contributed by atoms with van der Waals surface area (Å²) in [5, 5.41) is 1.78. The first-order valence-corrected chi connectivity index (χ1v) is 16.2. The Hall–Kier alpha value is -1.13. The maximum Gasteiger partial charge on any atom is 0.0998 e. The molecule has 0 radical (unpaired) electrons. The normalized spacial score (nSPS) is 18.5. The van der Waals surface area contributed by atoms with Crippen molar-refractivity contribution >= 4 is 13.2 Å². The van der Waals surface area contributed by atoms with E-state index in [1.807, 2.05) is 0 Å². The van der Waals surface area contributed by atoms with Gasteiger partial charge in [0, 0.05) is 13.5 Å². The lowest BCUT2D eigenvalue weighted by Gasteiger charge is -2.34. The van der Waals surface area contributed by atoms with E-state index in [9.17, 15) is 0 Å². The molecule has 0 aromatic heterocycles. The second kappa shape index (κ2) is 11.7. The molecule has 34 heavy (non-hydrogen) atoms. The molecule has 0 nitrogen and oxygen atoms in total. The van der Waals surface area contributed by atoms with E-state index in [1.165, 1.54) is 69.8 Å². The molecule has 0 bridgehead atoms. The van der Waals surface area contributed by atoms with Gasteiger partial charge < -0.3 is 0 Å². The Morgan fingerprint density at radius 3 is 1.53 bits per heavy atom. The fourth-order valence-electron chi connectivity index (χ4n) is 6.82. The van der Waals surface area contributed by atoms with Gasteiger partial charge in [0.05, 0.1) is 16.6 Å². The standard InChI is InChI=1S/C33H49P/c1-23(2)26-21-30(24(3)4)33(31(22-26)25(5)6)29-19-13-14-20-32(29)34(27-15-9-7-10-16-27)28-17-11-8-12-18-28/h13-14,19-25,27-28H,7-12,15-18H2,1-6H3/p+1. The lowest BCUT2D eigenvalue weighted by atomic mass is 9.82. The molecule has 0 heterocycles. The molecule has 186 valence electrons. The molecule has 4 rings (SSSR count). The largest absolute Gasteiger partial charge is 0.0998 e. The van der Waals surface area contributed by atoms with Crippen LogP contribution in [0.4, 0.5) is 0 Å². The van der Waals surface area contributed by atoms with Crippen LogP contribution in [0.1, 0.15) is 140 Å². The Morgan fingerprint density at radius 1 is 0.618 bits per heavy atom. The van der Waals surface area contributed by atoms with Crippen LogP contribution in [0, 0.1) is 0 Å². The molecule has 0 unspecified atom stereocenters. The molecule has 0 saturated heterocycles. The van der Waals surface area contributed by atoms with E-state index < -0.39 is 7.92 Å². The summed E-state index contributed by atoms with van der Waals surface area (Å²) >= 11 is 0. The minimum atomic E-state index is -0.610. The van der Waals surface area contributed by atoms with E-state index in [4.69, 9.17) is 0 Å². The van der Waals surface area contributed by atoms with Crippen LogP contribution in [0.2, 0.25) is 0 Å². The van der Waals surface area contributed by atoms with Crippen LogP contribution in [-0.2, 0) is 0 Å². The quantitative estimate of drug-likeness (QED) is 0.348. The van der Waals surface area contributed by atoms with E-state index in [-0.39, 0.29) is 0 Å². The van der Waals surface area contributed by atoms with Gasteiger partial charge in [-0.15, -0.1) is 0 Å².